The highest BCUT2D eigenvalue weighted by Gasteiger charge is 2.40. The largest absolute Gasteiger partial charge is 0.370 e. The molecule has 1 aromatic heterocycles. The van der Waals surface area contributed by atoms with Crippen molar-refractivity contribution in [2.45, 2.75) is 25.5 Å². The Balaban J connectivity index is 1.88. The first-order chi connectivity index (χ1) is 11.8. The molecule has 9 heteroatoms. The van der Waals surface area contributed by atoms with Crippen LogP contribution in [0.4, 0.5) is 17.6 Å². The quantitative estimate of drug-likeness (QED) is 0.738. The van der Waals surface area contributed by atoms with Gasteiger partial charge in [0, 0.05) is 30.9 Å². The highest BCUT2D eigenvalue weighted by atomic mass is 19.3. The molecule has 2 aromatic rings. The fourth-order valence-corrected chi connectivity index (χ4v) is 2.02. The van der Waals surface area contributed by atoms with Crippen LogP contribution >= 0.6 is 0 Å². The lowest BCUT2D eigenvalue weighted by Crippen LogP contribution is -2.32. The Bertz CT molecular complexity index is 719. The lowest BCUT2D eigenvalue weighted by molar-refractivity contribution is -0.168. The Morgan fingerprint density at radius 1 is 1.36 bits per heavy atom. The van der Waals surface area contributed by atoms with Crippen LogP contribution in [0.5, 0.6) is 0 Å². The van der Waals surface area contributed by atoms with Gasteiger partial charge in [-0.1, -0.05) is 12.1 Å². The van der Waals surface area contributed by atoms with E-state index in [1.165, 1.54) is 6.07 Å². The molecule has 25 heavy (non-hydrogen) atoms. The monoisotopic (exact) mass is 359 g/mol. The van der Waals surface area contributed by atoms with Crippen LogP contribution in [0, 0.1) is 0 Å². The number of benzene rings is 1. The molecule has 0 atom stereocenters. The number of hydrogen-bond acceptors (Lipinski definition) is 3. The molecule has 2 rings (SSSR count). The topological polar surface area (TPSA) is 56.2 Å². The zero-order valence-electron chi connectivity index (χ0n) is 13.4. The van der Waals surface area contributed by atoms with Crippen molar-refractivity contribution in [2.75, 3.05) is 6.61 Å². The molecule has 0 bridgehead atoms. The second-order valence-electron chi connectivity index (χ2n) is 5.46. The minimum absolute atomic E-state index is 0.286. The molecule has 0 aliphatic heterocycles. The number of aryl methyl sites for hydroxylation is 1. The third-order valence-electron chi connectivity index (χ3n) is 3.28. The van der Waals surface area contributed by atoms with E-state index in [-0.39, 0.29) is 19.1 Å². The standard InChI is InChI=1S/C16H17F4N3O2/c1-23-8-12(7-22-23)6-21-14(24)13-4-2-3-11(5-13)9-25-10-16(19,20)15(17)18/h2-5,7-8,15H,6,9-10H2,1H3,(H,21,24). The summed E-state index contributed by atoms with van der Waals surface area (Å²) in [6, 6.07) is 6.12. The van der Waals surface area contributed by atoms with Gasteiger partial charge in [0.1, 0.15) is 6.61 Å². The number of nitrogens with zero attached hydrogens (tertiary/aromatic N) is 2. The van der Waals surface area contributed by atoms with E-state index in [4.69, 9.17) is 0 Å². The molecule has 1 aromatic carbocycles. The van der Waals surface area contributed by atoms with Gasteiger partial charge >= 0.3 is 12.3 Å². The Morgan fingerprint density at radius 2 is 2.12 bits per heavy atom. The zero-order chi connectivity index (χ0) is 18.4. The van der Waals surface area contributed by atoms with Gasteiger partial charge in [0.25, 0.3) is 5.91 Å². The first-order valence-corrected chi connectivity index (χ1v) is 7.36. The van der Waals surface area contributed by atoms with Gasteiger partial charge in [0.15, 0.2) is 0 Å². The van der Waals surface area contributed by atoms with Crippen molar-refractivity contribution in [1.82, 2.24) is 15.1 Å². The van der Waals surface area contributed by atoms with Crippen LogP contribution in [-0.4, -0.2) is 34.6 Å². The smallest absolute Gasteiger partial charge is 0.330 e. The Kier molecular flexibility index (Phi) is 6.13. The third-order valence-corrected chi connectivity index (χ3v) is 3.28. The van der Waals surface area contributed by atoms with E-state index < -0.39 is 19.0 Å². The number of alkyl halides is 4. The number of hydrogen-bond donors (Lipinski definition) is 1. The normalized spacial score (nSPS) is 11.8. The first-order valence-electron chi connectivity index (χ1n) is 7.36. The van der Waals surface area contributed by atoms with E-state index in [9.17, 15) is 22.4 Å². The van der Waals surface area contributed by atoms with Crippen molar-refractivity contribution < 1.29 is 27.1 Å². The summed E-state index contributed by atoms with van der Waals surface area (Å²) in [5.41, 5.74) is 1.56. The molecule has 1 amide bonds. The molecule has 0 spiro atoms. The van der Waals surface area contributed by atoms with Gasteiger partial charge in [-0.05, 0) is 17.7 Å². The number of ether oxygens (including phenoxy) is 1. The van der Waals surface area contributed by atoms with Crippen LogP contribution in [-0.2, 0) is 24.9 Å². The summed E-state index contributed by atoms with van der Waals surface area (Å²) in [6.45, 7) is -1.40. The van der Waals surface area contributed by atoms with E-state index >= 15 is 0 Å². The average molecular weight is 359 g/mol. The lowest BCUT2D eigenvalue weighted by atomic mass is 10.1. The summed E-state index contributed by atoms with van der Waals surface area (Å²) in [4.78, 5) is 12.1. The van der Waals surface area contributed by atoms with Gasteiger partial charge in [-0.3, -0.25) is 9.48 Å². The molecule has 1 heterocycles. The fraction of sp³-hybridized carbons (Fsp3) is 0.375. The van der Waals surface area contributed by atoms with Crippen LogP contribution in [0.15, 0.2) is 36.7 Å². The van der Waals surface area contributed by atoms with Crippen LogP contribution in [0.2, 0.25) is 0 Å². The molecule has 1 N–H and O–H groups in total. The van der Waals surface area contributed by atoms with Crippen molar-refractivity contribution in [3.63, 3.8) is 0 Å². The maximum absolute atomic E-state index is 12.8. The van der Waals surface area contributed by atoms with Gasteiger partial charge in [-0.25, -0.2) is 8.78 Å². The van der Waals surface area contributed by atoms with Crippen molar-refractivity contribution in [3.8, 4) is 0 Å². The summed E-state index contributed by atoms with van der Waals surface area (Å²) in [5, 5.41) is 6.68. The molecule has 136 valence electrons. The predicted molar refractivity (Wildman–Crippen MR) is 81.4 cm³/mol. The summed E-state index contributed by atoms with van der Waals surface area (Å²) in [6.07, 6.45) is -0.404. The van der Waals surface area contributed by atoms with E-state index in [1.807, 2.05) is 0 Å². The Labute approximate surface area is 141 Å². The summed E-state index contributed by atoms with van der Waals surface area (Å²) in [5.74, 6) is -4.55. The second kappa shape index (κ2) is 8.11. The molecular weight excluding hydrogens is 342 g/mol. The van der Waals surface area contributed by atoms with Crippen molar-refractivity contribution in [1.29, 1.82) is 0 Å². The van der Waals surface area contributed by atoms with Gasteiger partial charge in [0.2, 0.25) is 0 Å². The first kappa shape index (κ1) is 18.9. The Hall–Kier alpha value is -2.42. The van der Waals surface area contributed by atoms with Crippen molar-refractivity contribution >= 4 is 5.91 Å². The lowest BCUT2D eigenvalue weighted by Gasteiger charge is -2.15. The van der Waals surface area contributed by atoms with Gasteiger partial charge in [0.05, 0.1) is 12.8 Å². The maximum Gasteiger partial charge on any atom is 0.330 e. The number of carbonyl (C=O) groups excluding carboxylic acids is 1. The highest BCUT2D eigenvalue weighted by molar-refractivity contribution is 5.94. The van der Waals surface area contributed by atoms with E-state index in [0.29, 0.717) is 11.1 Å². The van der Waals surface area contributed by atoms with Crippen LogP contribution < -0.4 is 5.32 Å². The predicted octanol–water partition coefficient (Wildman–Crippen LogP) is 2.77. The SMILES string of the molecule is Cn1cc(CNC(=O)c2cccc(COCC(F)(F)C(F)F)c2)cn1. The van der Waals surface area contributed by atoms with E-state index in [1.54, 1.807) is 42.3 Å². The number of rotatable bonds is 8. The van der Waals surface area contributed by atoms with Gasteiger partial charge in [-0.15, -0.1) is 0 Å². The maximum atomic E-state index is 12.8. The highest BCUT2D eigenvalue weighted by Crippen LogP contribution is 2.23. The molecule has 0 saturated carbocycles. The molecule has 0 radical (unpaired) electrons. The number of aromatic nitrogens is 2. The second-order valence-corrected chi connectivity index (χ2v) is 5.46. The number of carbonyl (C=O) groups is 1. The summed E-state index contributed by atoms with van der Waals surface area (Å²) in [7, 11) is 1.76. The van der Waals surface area contributed by atoms with Gasteiger partial charge in [-0.2, -0.15) is 13.9 Å². The zero-order valence-corrected chi connectivity index (χ0v) is 13.4. The molecule has 0 unspecified atom stereocenters. The minimum Gasteiger partial charge on any atom is -0.370 e. The van der Waals surface area contributed by atoms with Gasteiger partial charge < -0.3 is 10.1 Å². The van der Waals surface area contributed by atoms with Crippen LogP contribution in [0.3, 0.4) is 0 Å². The van der Waals surface area contributed by atoms with E-state index in [2.05, 4.69) is 15.2 Å². The van der Waals surface area contributed by atoms with Crippen molar-refractivity contribution in [2.24, 2.45) is 7.05 Å². The summed E-state index contributed by atoms with van der Waals surface area (Å²) >= 11 is 0. The fourth-order valence-electron chi connectivity index (χ4n) is 2.02. The molecular formula is C16H17F4N3O2. The van der Waals surface area contributed by atoms with Crippen LogP contribution in [0.25, 0.3) is 0 Å². The molecule has 5 nitrogen and oxygen atoms in total. The molecule has 0 aliphatic rings. The Morgan fingerprint density at radius 3 is 2.76 bits per heavy atom. The summed E-state index contributed by atoms with van der Waals surface area (Å²) < 4.78 is 55.9. The minimum atomic E-state index is -4.20. The number of nitrogens with one attached hydrogen (secondary N) is 1. The van der Waals surface area contributed by atoms with Crippen molar-refractivity contribution in [3.05, 3.63) is 53.3 Å². The average Bonchev–Trinajstić information content (AvgIpc) is 2.98. The molecule has 0 saturated heterocycles. The van der Waals surface area contributed by atoms with Crippen LogP contribution in [0.1, 0.15) is 21.5 Å². The number of halogens is 4. The molecule has 0 aliphatic carbocycles. The number of amides is 1. The third kappa shape index (κ3) is 5.56. The van der Waals surface area contributed by atoms with E-state index in [0.717, 1.165) is 5.56 Å². The molecule has 0 fully saturated rings.